The number of hydrogen-bond acceptors (Lipinski definition) is 9. The number of Topliss-reactive ketones (excluding diaryl/α,β-unsaturated/α-hetero) is 1. The summed E-state index contributed by atoms with van der Waals surface area (Å²) in [4.78, 5) is 24.7. The van der Waals surface area contributed by atoms with Gasteiger partial charge in [-0.25, -0.2) is 8.42 Å². The van der Waals surface area contributed by atoms with Crippen molar-refractivity contribution in [2.75, 3.05) is 28.7 Å². The highest BCUT2D eigenvalue weighted by molar-refractivity contribution is 7.99. The molecule has 158 valence electrons. The summed E-state index contributed by atoms with van der Waals surface area (Å²) in [6.07, 6.45) is 1.66. The second-order valence-corrected chi connectivity index (χ2v) is 9.56. The molecule has 0 saturated heterocycles. The molecule has 0 amide bonds. The number of nitrogens with one attached hydrogen (secondary N) is 2. The molecule has 29 heavy (non-hydrogen) atoms. The highest BCUT2D eigenvalue weighted by Gasteiger charge is 2.16. The van der Waals surface area contributed by atoms with Crippen molar-refractivity contribution in [2.45, 2.75) is 31.5 Å². The first-order valence-electron chi connectivity index (χ1n) is 8.98. The van der Waals surface area contributed by atoms with E-state index in [4.69, 9.17) is 0 Å². The van der Waals surface area contributed by atoms with E-state index in [-0.39, 0.29) is 41.2 Å². The van der Waals surface area contributed by atoms with E-state index in [9.17, 15) is 18.3 Å². The largest absolute Gasteiger partial charge is 0.394 e. The van der Waals surface area contributed by atoms with E-state index >= 15 is 0 Å². The second kappa shape index (κ2) is 10.5. The minimum atomic E-state index is -3.59. The number of aliphatic hydroxyl groups excluding tert-OH is 1. The first-order chi connectivity index (χ1) is 13.7. The monoisotopic (exact) mass is 439 g/mol. The van der Waals surface area contributed by atoms with Crippen molar-refractivity contribution in [1.29, 1.82) is 0 Å². The highest BCUT2D eigenvalue weighted by atomic mass is 32.2. The van der Waals surface area contributed by atoms with Crippen LogP contribution in [-0.2, 0) is 10.0 Å². The van der Waals surface area contributed by atoms with Gasteiger partial charge < -0.3 is 10.4 Å². The minimum absolute atomic E-state index is 0.0845. The molecule has 2 aromatic rings. The molecule has 1 aromatic carbocycles. The van der Waals surface area contributed by atoms with Gasteiger partial charge in [-0.1, -0.05) is 55.9 Å². The average molecular weight is 440 g/mol. The number of anilines is 2. The fraction of sp³-hybridized carbons (Fsp3) is 0.444. The number of benzene rings is 1. The normalized spacial score (nSPS) is 12.6. The van der Waals surface area contributed by atoms with Gasteiger partial charge in [0, 0.05) is 5.56 Å². The number of thioether (sulfide) groups is 1. The molecule has 0 fully saturated rings. The lowest BCUT2D eigenvalue weighted by Gasteiger charge is -2.18. The SMILES string of the molecule is CC(C)C[C@H](CO)Nc1nc(NS(C)(=O)=O)nc(SCC(=O)c2ccccc2)n1. The van der Waals surface area contributed by atoms with Crippen LogP contribution < -0.4 is 10.0 Å². The molecule has 0 radical (unpaired) electrons. The number of carbonyl (C=O) groups excluding carboxylic acids is 1. The number of ketones is 1. The molecule has 0 aliphatic carbocycles. The van der Waals surface area contributed by atoms with Crippen LogP contribution in [0.25, 0.3) is 0 Å². The predicted octanol–water partition coefficient (Wildman–Crippen LogP) is 2.04. The van der Waals surface area contributed by atoms with Crippen LogP contribution in [0.1, 0.15) is 30.6 Å². The van der Waals surface area contributed by atoms with Crippen LogP contribution >= 0.6 is 11.8 Å². The summed E-state index contributed by atoms with van der Waals surface area (Å²) in [6, 6.07) is 8.52. The summed E-state index contributed by atoms with van der Waals surface area (Å²) >= 11 is 1.08. The maximum Gasteiger partial charge on any atom is 0.242 e. The smallest absolute Gasteiger partial charge is 0.242 e. The van der Waals surface area contributed by atoms with Gasteiger partial charge in [-0.3, -0.25) is 9.52 Å². The Balaban J connectivity index is 2.20. The third kappa shape index (κ3) is 8.34. The van der Waals surface area contributed by atoms with Crippen molar-refractivity contribution in [3.8, 4) is 0 Å². The van der Waals surface area contributed by atoms with Crippen LogP contribution in [0.3, 0.4) is 0 Å². The van der Waals surface area contributed by atoms with Crippen molar-refractivity contribution in [3.05, 3.63) is 35.9 Å². The summed E-state index contributed by atoms with van der Waals surface area (Å²) < 4.78 is 25.4. The van der Waals surface area contributed by atoms with Gasteiger partial charge in [0.05, 0.1) is 24.7 Å². The van der Waals surface area contributed by atoms with Gasteiger partial charge in [0.15, 0.2) is 10.9 Å². The number of sulfonamides is 1. The van der Waals surface area contributed by atoms with Gasteiger partial charge in [-0.05, 0) is 12.3 Å². The molecule has 9 nitrogen and oxygen atoms in total. The molecule has 0 unspecified atom stereocenters. The molecule has 0 spiro atoms. The molecule has 0 saturated carbocycles. The van der Waals surface area contributed by atoms with Crippen LogP contribution in [0, 0.1) is 5.92 Å². The van der Waals surface area contributed by atoms with Crippen molar-refractivity contribution in [1.82, 2.24) is 15.0 Å². The first-order valence-corrected chi connectivity index (χ1v) is 11.9. The van der Waals surface area contributed by atoms with E-state index in [1.54, 1.807) is 24.3 Å². The molecule has 2 rings (SSSR count). The third-order valence-corrected chi connectivity index (χ3v) is 5.03. The third-order valence-electron chi connectivity index (χ3n) is 3.63. The summed E-state index contributed by atoms with van der Waals surface area (Å²) in [5, 5.41) is 12.8. The maximum atomic E-state index is 12.3. The van der Waals surface area contributed by atoms with Gasteiger partial charge in [-0.2, -0.15) is 15.0 Å². The number of aliphatic hydroxyl groups is 1. The van der Waals surface area contributed by atoms with Crippen molar-refractivity contribution in [2.24, 2.45) is 5.92 Å². The standard InChI is InChI=1S/C18H25N5O4S2/c1-12(2)9-14(10-24)19-16-20-17(23-29(3,26)27)22-18(21-16)28-11-15(25)13-7-5-4-6-8-13/h4-8,12,14,24H,9-11H2,1-3H3,(H2,19,20,21,22,23)/t14-/m1/s1. The Bertz CT molecular complexity index is 923. The van der Waals surface area contributed by atoms with Crippen LogP contribution in [0.15, 0.2) is 35.5 Å². The fourth-order valence-electron chi connectivity index (χ4n) is 2.47. The Labute approximate surface area is 174 Å². The van der Waals surface area contributed by atoms with Gasteiger partial charge in [0.1, 0.15) is 0 Å². The molecule has 0 aliphatic heterocycles. The summed E-state index contributed by atoms with van der Waals surface area (Å²) in [6.45, 7) is 3.91. The van der Waals surface area contributed by atoms with Crippen molar-refractivity contribution in [3.63, 3.8) is 0 Å². The topological polar surface area (TPSA) is 134 Å². The Morgan fingerprint density at radius 3 is 2.38 bits per heavy atom. The zero-order chi connectivity index (χ0) is 21.4. The summed E-state index contributed by atoms with van der Waals surface area (Å²) in [5.74, 6) is 0.284. The molecule has 1 heterocycles. The average Bonchev–Trinajstić information content (AvgIpc) is 2.64. The lowest BCUT2D eigenvalue weighted by molar-refractivity contribution is 0.102. The summed E-state index contributed by atoms with van der Waals surface area (Å²) in [5.41, 5.74) is 0.569. The highest BCUT2D eigenvalue weighted by Crippen LogP contribution is 2.20. The molecular weight excluding hydrogens is 414 g/mol. The Kier molecular flexibility index (Phi) is 8.35. The quantitative estimate of drug-likeness (QED) is 0.355. The van der Waals surface area contributed by atoms with E-state index < -0.39 is 10.0 Å². The Morgan fingerprint density at radius 1 is 1.14 bits per heavy atom. The van der Waals surface area contributed by atoms with Crippen molar-refractivity contribution >= 4 is 39.5 Å². The molecular formula is C18H25N5O4S2. The lowest BCUT2D eigenvalue weighted by atomic mass is 10.0. The molecule has 1 atom stereocenters. The number of carbonyl (C=O) groups is 1. The molecule has 11 heteroatoms. The second-order valence-electron chi connectivity index (χ2n) is 6.87. The lowest BCUT2D eigenvalue weighted by Crippen LogP contribution is -2.27. The Hall–Kier alpha value is -2.24. The van der Waals surface area contributed by atoms with Gasteiger partial charge in [-0.15, -0.1) is 0 Å². The fourth-order valence-corrected chi connectivity index (χ4v) is 3.62. The minimum Gasteiger partial charge on any atom is -0.394 e. The van der Waals surface area contributed by atoms with Crippen LogP contribution in [-0.4, -0.2) is 58.9 Å². The molecule has 0 aliphatic rings. The predicted molar refractivity (Wildman–Crippen MR) is 114 cm³/mol. The van der Waals surface area contributed by atoms with E-state index in [1.807, 2.05) is 19.9 Å². The zero-order valence-corrected chi connectivity index (χ0v) is 18.1. The van der Waals surface area contributed by atoms with Crippen LogP contribution in [0.5, 0.6) is 0 Å². The van der Waals surface area contributed by atoms with Gasteiger partial charge in [0.2, 0.25) is 21.9 Å². The van der Waals surface area contributed by atoms with Gasteiger partial charge in [0.25, 0.3) is 0 Å². The molecule has 0 bridgehead atoms. The number of rotatable bonds is 11. The van der Waals surface area contributed by atoms with E-state index in [0.717, 1.165) is 18.0 Å². The summed E-state index contributed by atoms with van der Waals surface area (Å²) in [7, 11) is -3.59. The van der Waals surface area contributed by atoms with Gasteiger partial charge >= 0.3 is 0 Å². The van der Waals surface area contributed by atoms with E-state index in [1.165, 1.54) is 0 Å². The number of nitrogens with zero attached hydrogens (tertiary/aromatic N) is 3. The van der Waals surface area contributed by atoms with E-state index in [0.29, 0.717) is 17.9 Å². The molecule has 3 N–H and O–H groups in total. The maximum absolute atomic E-state index is 12.3. The van der Waals surface area contributed by atoms with E-state index in [2.05, 4.69) is 25.0 Å². The van der Waals surface area contributed by atoms with Crippen LogP contribution in [0.2, 0.25) is 0 Å². The van der Waals surface area contributed by atoms with Crippen LogP contribution in [0.4, 0.5) is 11.9 Å². The number of hydrogen-bond donors (Lipinski definition) is 3. The molecule has 1 aromatic heterocycles. The first kappa shape index (κ1) is 23.0. The number of aromatic nitrogens is 3. The Morgan fingerprint density at radius 2 is 1.79 bits per heavy atom. The van der Waals surface area contributed by atoms with Crippen molar-refractivity contribution < 1.29 is 18.3 Å². The zero-order valence-electron chi connectivity index (χ0n) is 16.5.